The van der Waals surface area contributed by atoms with E-state index < -0.39 is 29.5 Å². The van der Waals surface area contributed by atoms with Crippen molar-refractivity contribution in [3.63, 3.8) is 0 Å². The highest BCUT2D eigenvalue weighted by Gasteiger charge is 2.55. The van der Waals surface area contributed by atoms with Crippen LogP contribution in [0.2, 0.25) is 10.0 Å². The van der Waals surface area contributed by atoms with Crippen LogP contribution in [0.5, 0.6) is 5.75 Å². The van der Waals surface area contributed by atoms with E-state index in [2.05, 4.69) is 22.8 Å². The lowest BCUT2D eigenvalue weighted by Crippen LogP contribution is -2.60. The van der Waals surface area contributed by atoms with Gasteiger partial charge in [-0.25, -0.2) is 0 Å². The summed E-state index contributed by atoms with van der Waals surface area (Å²) in [7, 11) is 0. The molecule has 2 atom stereocenters. The average Bonchev–Trinajstić information content (AvgIpc) is 3.47. The second-order valence-corrected chi connectivity index (χ2v) is 12.6. The van der Waals surface area contributed by atoms with Crippen LogP contribution in [0.25, 0.3) is 0 Å². The zero-order valence-corrected chi connectivity index (χ0v) is 26.7. The molecule has 240 valence electrons. The van der Waals surface area contributed by atoms with Gasteiger partial charge >= 0.3 is 6.18 Å². The Hall–Kier alpha value is -3.56. The average molecular weight is 669 g/mol. The highest BCUT2D eigenvalue weighted by Crippen LogP contribution is 2.46. The second kappa shape index (κ2) is 13.3. The number of halogens is 5. The maximum Gasteiger partial charge on any atom is 0.416 e. The molecule has 1 amide bonds. The number of rotatable bonds is 7. The van der Waals surface area contributed by atoms with Crippen LogP contribution in [-0.2, 0) is 16.6 Å². The molecule has 2 aliphatic heterocycles. The molecule has 6 rings (SSSR count). The summed E-state index contributed by atoms with van der Waals surface area (Å²) < 4.78 is 47.5. The summed E-state index contributed by atoms with van der Waals surface area (Å²) in [6.45, 7) is 2.80. The number of carbonyl (C=O) groups excluding carboxylic acids is 1. The van der Waals surface area contributed by atoms with Gasteiger partial charge in [-0.1, -0.05) is 83.9 Å². The molecular formula is C36H34Cl2F3N3O2. The lowest BCUT2D eigenvalue weighted by atomic mass is 9.88. The van der Waals surface area contributed by atoms with E-state index in [1.54, 1.807) is 36.1 Å². The van der Waals surface area contributed by atoms with Crippen molar-refractivity contribution < 1.29 is 22.7 Å². The van der Waals surface area contributed by atoms with E-state index in [1.807, 2.05) is 42.5 Å². The molecule has 4 aromatic carbocycles. The van der Waals surface area contributed by atoms with Crippen molar-refractivity contribution in [3.05, 3.63) is 135 Å². The smallest absolute Gasteiger partial charge is 0.416 e. The van der Waals surface area contributed by atoms with Crippen molar-refractivity contribution in [2.45, 2.75) is 49.6 Å². The predicted octanol–water partition coefficient (Wildman–Crippen LogP) is 8.65. The summed E-state index contributed by atoms with van der Waals surface area (Å²) in [5.74, 6) is 0.00555. The molecule has 0 aromatic heterocycles. The number of amides is 1. The number of likely N-dealkylation sites (tertiary alicyclic amines) is 1. The van der Waals surface area contributed by atoms with Gasteiger partial charge in [0.25, 0.3) is 5.91 Å². The Morgan fingerprint density at radius 2 is 1.37 bits per heavy atom. The maximum absolute atomic E-state index is 14.9. The molecule has 0 saturated carbocycles. The fraction of sp³-hybridized carbons (Fsp3) is 0.306. The monoisotopic (exact) mass is 667 g/mol. The number of benzene rings is 4. The van der Waals surface area contributed by atoms with E-state index in [0.29, 0.717) is 29.1 Å². The van der Waals surface area contributed by atoms with Gasteiger partial charge in [0.2, 0.25) is 0 Å². The molecule has 0 radical (unpaired) electrons. The van der Waals surface area contributed by atoms with Crippen molar-refractivity contribution in [1.29, 1.82) is 0 Å². The molecule has 0 aliphatic carbocycles. The fourth-order valence-corrected chi connectivity index (χ4v) is 6.87. The van der Waals surface area contributed by atoms with E-state index in [4.69, 9.17) is 27.9 Å². The second-order valence-electron chi connectivity index (χ2n) is 11.7. The minimum absolute atomic E-state index is 0.0172. The van der Waals surface area contributed by atoms with Crippen LogP contribution in [-0.4, -0.2) is 30.5 Å². The highest BCUT2D eigenvalue weighted by atomic mass is 35.5. The third-order valence-corrected chi connectivity index (χ3v) is 9.43. The topological polar surface area (TPSA) is 53.6 Å². The molecule has 5 nitrogen and oxygen atoms in total. The normalized spacial score (nSPS) is 22.2. The van der Waals surface area contributed by atoms with Gasteiger partial charge in [0, 0.05) is 28.7 Å². The van der Waals surface area contributed by atoms with Crippen LogP contribution in [0.1, 0.15) is 65.6 Å². The van der Waals surface area contributed by atoms with Crippen LogP contribution in [0.3, 0.4) is 0 Å². The van der Waals surface area contributed by atoms with Gasteiger partial charge in [-0.05, 0) is 78.8 Å². The Morgan fingerprint density at radius 1 is 0.826 bits per heavy atom. The van der Waals surface area contributed by atoms with Crippen molar-refractivity contribution in [1.82, 2.24) is 15.5 Å². The van der Waals surface area contributed by atoms with Gasteiger partial charge in [-0.2, -0.15) is 13.2 Å². The summed E-state index contributed by atoms with van der Waals surface area (Å²) in [5.41, 5.74) is 0.732. The number of piperidine rings is 1. The third-order valence-electron chi connectivity index (χ3n) is 8.92. The van der Waals surface area contributed by atoms with Gasteiger partial charge in [0.05, 0.1) is 24.3 Å². The first-order valence-corrected chi connectivity index (χ1v) is 16.1. The molecule has 2 aliphatic rings. The summed E-state index contributed by atoms with van der Waals surface area (Å²) in [4.78, 5) is 16.7. The van der Waals surface area contributed by atoms with E-state index in [1.165, 1.54) is 11.6 Å². The van der Waals surface area contributed by atoms with Gasteiger partial charge in [-0.3, -0.25) is 15.4 Å². The lowest BCUT2D eigenvalue weighted by molar-refractivity contribution is -0.140. The number of nitrogens with one attached hydrogen (secondary N) is 2. The molecule has 2 fully saturated rings. The van der Waals surface area contributed by atoms with Crippen molar-refractivity contribution in [3.8, 4) is 5.75 Å². The van der Waals surface area contributed by atoms with Gasteiger partial charge in [-0.15, -0.1) is 0 Å². The van der Waals surface area contributed by atoms with Crippen LogP contribution in [0.15, 0.2) is 97.1 Å². The van der Waals surface area contributed by atoms with Crippen LogP contribution < -0.4 is 15.4 Å². The Morgan fingerprint density at radius 3 is 1.87 bits per heavy atom. The summed E-state index contributed by atoms with van der Waals surface area (Å²) in [5, 5.41) is 8.27. The lowest BCUT2D eigenvalue weighted by Gasteiger charge is -2.40. The molecule has 2 saturated heterocycles. The molecule has 2 unspecified atom stereocenters. The standard InChI is InChI=1S/C36H34Cl2F3N3O2/c1-2-46-31-22-27(36(39,40)41)12-17-30(31)35(34(45)44-20-18-24(19-21-44)23-6-4-3-5-7-23)42-32(25-8-13-28(37)14-9-25)33(43-35)26-10-15-29(38)16-11-26/h3-17,22,24,32-33,42-43H,2,18-21H2,1H3. The molecule has 2 N–H and O–H groups in total. The number of nitrogens with zero attached hydrogens (tertiary/aromatic N) is 1. The minimum atomic E-state index is -4.59. The summed E-state index contributed by atoms with van der Waals surface area (Å²) in [6.07, 6.45) is -3.06. The SMILES string of the molecule is CCOc1cc(C(F)(F)F)ccc1C1(C(=O)N2CCC(c3ccccc3)CC2)NC(c2ccc(Cl)cc2)C(c2ccc(Cl)cc2)N1. The first-order valence-electron chi connectivity index (χ1n) is 15.3. The summed E-state index contributed by atoms with van der Waals surface area (Å²) in [6, 6.07) is 27.2. The number of ether oxygens (including phenoxy) is 1. The third kappa shape index (κ3) is 6.49. The van der Waals surface area contributed by atoms with Crippen LogP contribution in [0, 0.1) is 0 Å². The fourth-order valence-electron chi connectivity index (χ4n) is 6.62. The molecule has 0 bridgehead atoms. The first kappa shape index (κ1) is 32.4. The van der Waals surface area contributed by atoms with Gasteiger partial charge < -0.3 is 9.64 Å². The predicted molar refractivity (Wildman–Crippen MR) is 174 cm³/mol. The van der Waals surface area contributed by atoms with E-state index in [0.717, 1.165) is 36.1 Å². The van der Waals surface area contributed by atoms with Crippen LogP contribution in [0.4, 0.5) is 13.2 Å². The minimum Gasteiger partial charge on any atom is -0.493 e. The van der Waals surface area contributed by atoms with Crippen LogP contribution >= 0.6 is 23.2 Å². The Bertz CT molecular complexity index is 1610. The maximum atomic E-state index is 14.9. The number of alkyl halides is 3. The zero-order chi connectivity index (χ0) is 32.5. The van der Waals surface area contributed by atoms with E-state index in [-0.39, 0.29) is 23.8 Å². The molecule has 4 aromatic rings. The number of hydrogen-bond donors (Lipinski definition) is 2. The van der Waals surface area contributed by atoms with Crippen molar-refractivity contribution in [2.24, 2.45) is 0 Å². The first-order chi connectivity index (χ1) is 22.1. The molecule has 46 heavy (non-hydrogen) atoms. The molecule has 10 heteroatoms. The van der Waals surface area contributed by atoms with E-state index >= 15 is 0 Å². The Balaban J connectivity index is 1.46. The quantitative estimate of drug-likeness (QED) is 0.207. The largest absolute Gasteiger partial charge is 0.493 e. The van der Waals surface area contributed by atoms with E-state index in [9.17, 15) is 18.0 Å². The van der Waals surface area contributed by atoms with Crippen molar-refractivity contribution in [2.75, 3.05) is 19.7 Å². The number of carbonyl (C=O) groups is 1. The Kier molecular flexibility index (Phi) is 9.35. The van der Waals surface area contributed by atoms with Gasteiger partial charge in [0.15, 0.2) is 5.66 Å². The van der Waals surface area contributed by atoms with Crippen molar-refractivity contribution >= 4 is 29.1 Å². The van der Waals surface area contributed by atoms with Gasteiger partial charge in [0.1, 0.15) is 5.75 Å². The Labute approximate surface area is 276 Å². The summed E-state index contributed by atoms with van der Waals surface area (Å²) >= 11 is 12.5. The zero-order valence-electron chi connectivity index (χ0n) is 25.2. The highest BCUT2D eigenvalue weighted by molar-refractivity contribution is 6.30. The molecule has 2 heterocycles. The molecular weight excluding hydrogens is 634 g/mol. The number of hydrogen-bond acceptors (Lipinski definition) is 4. The molecule has 0 spiro atoms.